The maximum atomic E-state index is 9.39. The molecule has 1 aromatic rings. The molecule has 1 heterocycles. The zero-order valence-corrected chi connectivity index (χ0v) is 7.95. The largest absolute Gasteiger partial charge is 0.395 e. The molecule has 1 aromatic heterocycles. The summed E-state index contributed by atoms with van der Waals surface area (Å²) in [5.74, 6) is 0. The highest BCUT2D eigenvalue weighted by Crippen LogP contribution is 2.44. The quantitative estimate of drug-likeness (QED) is 0.747. The minimum atomic E-state index is 0.0625. The van der Waals surface area contributed by atoms with Crippen molar-refractivity contribution >= 4 is 0 Å². The van der Waals surface area contributed by atoms with Gasteiger partial charge >= 0.3 is 0 Å². The van der Waals surface area contributed by atoms with Crippen LogP contribution in [-0.2, 0) is 5.41 Å². The van der Waals surface area contributed by atoms with Crippen LogP contribution >= 0.6 is 0 Å². The zero-order valence-electron chi connectivity index (χ0n) is 7.95. The molecule has 0 bridgehead atoms. The number of rotatable bonds is 2. The summed E-state index contributed by atoms with van der Waals surface area (Å²) in [6, 6.07) is 2.05. The Bertz CT molecular complexity index is 299. The number of pyridine rings is 1. The van der Waals surface area contributed by atoms with Crippen LogP contribution in [0, 0.1) is 6.92 Å². The number of aliphatic hydroxyl groups excluding tert-OH is 1. The first-order valence-corrected chi connectivity index (χ1v) is 4.80. The molecule has 0 saturated heterocycles. The van der Waals surface area contributed by atoms with Gasteiger partial charge in [-0.1, -0.05) is 6.42 Å². The SMILES string of the molecule is Cc1cnccc1C1(CO)CCC1. The number of aryl methyl sites for hydroxylation is 1. The van der Waals surface area contributed by atoms with E-state index in [0.717, 1.165) is 12.8 Å². The molecule has 0 radical (unpaired) electrons. The van der Waals surface area contributed by atoms with Crippen LogP contribution in [0.15, 0.2) is 18.5 Å². The van der Waals surface area contributed by atoms with E-state index in [1.807, 2.05) is 18.5 Å². The summed E-state index contributed by atoms with van der Waals surface area (Å²) in [6.07, 6.45) is 7.17. The second kappa shape index (κ2) is 3.11. The molecule has 1 N–H and O–H groups in total. The third kappa shape index (κ3) is 1.25. The van der Waals surface area contributed by atoms with Gasteiger partial charge in [0.2, 0.25) is 0 Å². The third-order valence-electron chi connectivity index (χ3n) is 3.20. The van der Waals surface area contributed by atoms with E-state index in [9.17, 15) is 5.11 Å². The van der Waals surface area contributed by atoms with Crippen LogP contribution in [0.2, 0.25) is 0 Å². The number of hydrogen-bond donors (Lipinski definition) is 1. The lowest BCUT2D eigenvalue weighted by atomic mass is 9.64. The fourth-order valence-electron chi connectivity index (χ4n) is 2.18. The summed E-state index contributed by atoms with van der Waals surface area (Å²) in [5, 5.41) is 9.39. The Morgan fingerprint density at radius 3 is 2.77 bits per heavy atom. The Morgan fingerprint density at radius 1 is 1.54 bits per heavy atom. The third-order valence-corrected chi connectivity index (χ3v) is 3.20. The van der Waals surface area contributed by atoms with Crippen molar-refractivity contribution in [1.82, 2.24) is 4.98 Å². The predicted octanol–water partition coefficient (Wildman–Crippen LogP) is 1.80. The molecule has 2 rings (SSSR count). The zero-order chi connectivity index (χ0) is 9.31. The lowest BCUT2D eigenvalue weighted by molar-refractivity contribution is 0.119. The van der Waals surface area contributed by atoms with Gasteiger partial charge in [0.25, 0.3) is 0 Å². The van der Waals surface area contributed by atoms with Gasteiger partial charge in [-0.15, -0.1) is 0 Å². The summed E-state index contributed by atoms with van der Waals surface area (Å²) in [4.78, 5) is 4.07. The molecule has 1 aliphatic rings. The Hall–Kier alpha value is -0.890. The van der Waals surface area contributed by atoms with Gasteiger partial charge in [-0.3, -0.25) is 4.98 Å². The normalized spacial score (nSPS) is 19.5. The van der Waals surface area contributed by atoms with E-state index in [1.54, 1.807) is 0 Å². The van der Waals surface area contributed by atoms with E-state index >= 15 is 0 Å². The summed E-state index contributed by atoms with van der Waals surface area (Å²) in [7, 11) is 0. The van der Waals surface area contributed by atoms with Gasteiger partial charge in [-0.05, 0) is 37.0 Å². The first kappa shape index (κ1) is 8.70. The standard InChI is InChI=1S/C11H15NO/c1-9-7-12-6-3-10(9)11(8-13)4-2-5-11/h3,6-7,13H,2,4-5,8H2,1H3. The van der Waals surface area contributed by atoms with Crippen LogP contribution in [0.25, 0.3) is 0 Å². The van der Waals surface area contributed by atoms with E-state index in [1.165, 1.54) is 17.5 Å². The number of hydrogen-bond acceptors (Lipinski definition) is 2. The van der Waals surface area contributed by atoms with Gasteiger partial charge in [0.1, 0.15) is 0 Å². The number of aliphatic hydroxyl groups is 1. The van der Waals surface area contributed by atoms with Crippen LogP contribution < -0.4 is 0 Å². The van der Waals surface area contributed by atoms with Crippen molar-refractivity contribution in [1.29, 1.82) is 0 Å². The lowest BCUT2D eigenvalue weighted by Crippen LogP contribution is -2.38. The monoisotopic (exact) mass is 177 g/mol. The minimum absolute atomic E-state index is 0.0625. The van der Waals surface area contributed by atoms with Gasteiger partial charge in [-0.25, -0.2) is 0 Å². The van der Waals surface area contributed by atoms with Crippen LogP contribution in [0.4, 0.5) is 0 Å². The molecule has 13 heavy (non-hydrogen) atoms. The average molecular weight is 177 g/mol. The minimum Gasteiger partial charge on any atom is -0.395 e. The maximum absolute atomic E-state index is 9.39. The molecule has 0 aliphatic heterocycles. The van der Waals surface area contributed by atoms with E-state index < -0.39 is 0 Å². The molecule has 0 amide bonds. The summed E-state index contributed by atoms with van der Waals surface area (Å²) in [6.45, 7) is 2.34. The van der Waals surface area contributed by atoms with Gasteiger partial charge < -0.3 is 5.11 Å². The van der Waals surface area contributed by atoms with Crippen molar-refractivity contribution in [2.45, 2.75) is 31.6 Å². The van der Waals surface area contributed by atoms with Crippen LogP contribution in [0.3, 0.4) is 0 Å². The summed E-state index contributed by atoms with van der Waals surface area (Å²) < 4.78 is 0. The molecule has 1 fully saturated rings. The van der Waals surface area contributed by atoms with E-state index in [2.05, 4.69) is 11.9 Å². The van der Waals surface area contributed by atoms with Gasteiger partial charge in [-0.2, -0.15) is 0 Å². The maximum Gasteiger partial charge on any atom is 0.0528 e. The van der Waals surface area contributed by atoms with Crippen molar-refractivity contribution in [3.8, 4) is 0 Å². The second-order valence-electron chi connectivity index (χ2n) is 3.98. The second-order valence-corrected chi connectivity index (χ2v) is 3.98. The van der Waals surface area contributed by atoms with Crippen molar-refractivity contribution < 1.29 is 5.11 Å². The van der Waals surface area contributed by atoms with E-state index in [0.29, 0.717) is 0 Å². The highest BCUT2D eigenvalue weighted by Gasteiger charge is 2.38. The van der Waals surface area contributed by atoms with E-state index in [4.69, 9.17) is 0 Å². The molecule has 1 saturated carbocycles. The molecule has 2 heteroatoms. The Labute approximate surface area is 78.6 Å². The van der Waals surface area contributed by atoms with Crippen molar-refractivity contribution in [2.75, 3.05) is 6.61 Å². The molecule has 0 atom stereocenters. The van der Waals surface area contributed by atoms with Crippen LogP contribution in [0.5, 0.6) is 0 Å². The predicted molar refractivity (Wildman–Crippen MR) is 51.6 cm³/mol. The first-order valence-electron chi connectivity index (χ1n) is 4.80. The molecule has 0 aromatic carbocycles. The van der Waals surface area contributed by atoms with Crippen LogP contribution in [0.1, 0.15) is 30.4 Å². The molecular formula is C11H15NO. The number of nitrogens with zero attached hydrogens (tertiary/aromatic N) is 1. The Kier molecular flexibility index (Phi) is 2.08. The smallest absolute Gasteiger partial charge is 0.0528 e. The van der Waals surface area contributed by atoms with Gasteiger partial charge in [0, 0.05) is 17.8 Å². The van der Waals surface area contributed by atoms with Crippen molar-refractivity contribution in [3.05, 3.63) is 29.6 Å². The first-order chi connectivity index (χ1) is 6.28. The molecule has 2 nitrogen and oxygen atoms in total. The molecule has 0 unspecified atom stereocenters. The summed E-state index contributed by atoms with van der Waals surface area (Å²) >= 11 is 0. The fraction of sp³-hybridized carbons (Fsp3) is 0.545. The van der Waals surface area contributed by atoms with Crippen LogP contribution in [-0.4, -0.2) is 16.7 Å². The van der Waals surface area contributed by atoms with Crippen molar-refractivity contribution in [3.63, 3.8) is 0 Å². The fourth-order valence-corrected chi connectivity index (χ4v) is 2.18. The van der Waals surface area contributed by atoms with Gasteiger partial charge in [0.15, 0.2) is 0 Å². The highest BCUT2D eigenvalue weighted by atomic mass is 16.3. The molecule has 1 aliphatic carbocycles. The Balaban J connectivity index is 2.38. The lowest BCUT2D eigenvalue weighted by Gasteiger charge is -2.41. The average Bonchev–Trinajstić information content (AvgIpc) is 2.07. The van der Waals surface area contributed by atoms with Gasteiger partial charge in [0.05, 0.1) is 6.61 Å². The summed E-state index contributed by atoms with van der Waals surface area (Å²) in [5.41, 5.74) is 2.56. The molecule has 70 valence electrons. The highest BCUT2D eigenvalue weighted by molar-refractivity contribution is 5.33. The molecule has 0 spiro atoms. The topological polar surface area (TPSA) is 33.1 Å². The van der Waals surface area contributed by atoms with E-state index in [-0.39, 0.29) is 12.0 Å². The number of aromatic nitrogens is 1. The van der Waals surface area contributed by atoms with Crippen molar-refractivity contribution in [2.24, 2.45) is 0 Å². The molecular weight excluding hydrogens is 162 g/mol. The Morgan fingerprint density at radius 2 is 2.31 bits per heavy atom.